The number of para-hydroxylation sites is 2. The molecule has 0 amide bonds. The number of hydrogen-bond acceptors (Lipinski definition) is 7. The molecule has 0 fully saturated rings. The predicted octanol–water partition coefficient (Wildman–Crippen LogP) is 4.11. The number of carbonyl (C=O) groups is 1. The molecule has 5 rings (SSSR count). The van der Waals surface area contributed by atoms with Crippen LogP contribution in [-0.4, -0.2) is 48.6 Å². The number of nitrogens with zero attached hydrogens (tertiary/aromatic N) is 5. The minimum absolute atomic E-state index is 0.0569. The highest BCUT2D eigenvalue weighted by Gasteiger charge is 2.24. The monoisotopic (exact) mass is 475 g/mol. The first-order valence-electron chi connectivity index (χ1n) is 11.0. The van der Waals surface area contributed by atoms with Crippen molar-refractivity contribution in [3.8, 4) is 22.9 Å². The van der Waals surface area contributed by atoms with Crippen molar-refractivity contribution in [3.63, 3.8) is 0 Å². The maximum Gasteiger partial charge on any atom is 0.191 e. The summed E-state index contributed by atoms with van der Waals surface area (Å²) in [6.45, 7) is 5.07. The molecule has 34 heavy (non-hydrogen) atoms. The van der Waals surface area contributed by atoms with Gasteiger partial charge in [-0.25, -0.2) is 0 Å². The van der Waals surface area contributed by atoms with Crippen LogP contribution in [0.25, 0.3) is 11.4 Å². The Balaban J connectivity index is 1.26. The van der Waals surface area contributed by atoms with Gasteiger partial charge in [0.25, 0.3) is 0 Å². The Morgan fingerprint density at radius 2 is 1.97 bits per heavy atom. The van der Waals surface area contributed by atoms with Gasteiger partial charge in [0, 0.05) is 42.0 Å². The molecule has 0 saturated heterocycles. The van der Waals surface area contributed by atoms with Gasteiger partial charge in [0.05, 0.1) is 12.3 Å². The number of rotatable bonds is 7. The first kappa shape index (κ1) is 22.2. The number of carbonyl (C=O) groups excluding carboxylic acids is 1. The van der Waals surface area contributed by atoms with Crippen LogP contribution in [0, 0.1) is 13.8 Å². The fraction of sp³-hybridized carbons (Fsp3) is 0.280. The molecule has 0 aliphatic carbocycles. The second-order valence-electron chi connectivity index (χ2n) is 8.21. The van der Waals surface area contributed by atoms with Gasteiger partial charge in [0.2, 0.25) is 0 Å². The summed E-state index contributed by atoms with van der Waals surface area (Å²) < 4.78 is 16.0. The van der Waals surface area contributed by atoms with Gasteiger partial charge in [-0.3, -0.25) is 9.78 Å². The number of hydrogen-bond donors (Lipinski definition) is 0. The quantitative estimate of drug-likeness (QED) is 0.294. The summed E-state index contributed by atoms with van der Waals surface area (Å²) in [4.78, 5) is 17.2. The number of benzene rings is 1. The third-order valence-corrected chi connectivity index (χ3v) is 6.94. The molecule has 3 aromatic heterocycles. The number of fused-ring (bicyclic) bond motifs is 1. The lowest BCUT2D eigenvalue weighted by atomic mass is 10.2. The van der Waals surface area contributed by atoms with E-state index in [0.717, 1.165) is 39.8 Å². The normalized spacial score (nSPS) is 14.9. The van der Waals surface area contributed by atoms with Gasteiger partial charge in [0.1, 0.15) is 6.61 Å². The van der Waals surface area contributed by atoms with Crippen molar-refractivity contribution in [1.82, 2.24) is 24.3 Å². The molecule has 1 atom stereocenters. The van der Waals surface area contributed by atoms with E-state index in [1.54, 1.807) is 12.4 Å². The van der Waals surface area contributed by atoms with Gasteiger partial charge < -0.3 is 18.6 Å². The van der Waals surface area contributed by atoms with Gasteiger partial charge in [-0.1, -0.05) is 23.9 Å². The summed E-state index contributed by atoms with van der Waals surface area (Å²) in [6, 6.07) is 13.4. The van der Waals surface area contributed by atoms with Gasteiger partial charge in [0.15, 0.2) is 34.4 Å². The molecule has 0 saturated carbocycles. The van der Waals surface area contributed by atoms with Gasteiger partial charge in [-0.15, -0.1) is 10.2 Å². The van der Waals surface area contributed by atoms with Crippen LogP contribution >= 0.6 is 11.8 Å². The predicted molar refractivity (Wildman–Crippen MR) is 130 cm³/mol. The zero-order valence-electron chi connectivity index (χ0n) is 19.3. The van der Waals surface area contributed by atoms with E-state index in [1.165, 1.54) is 11.8 Å². The molecule has 0 spiro atoms. The minimum atomic E-state index is -0.124. The molecule has 4 aromatic rings. The van der Waals surface area contributed by atoms with Gasteiger partial charge in [-0.2, -0.15) is 0 Å². The van der Waals surface area contributed by atoms with Crippen LogP contribution in [-0.2, 0) is 13.6 Å². The van der Waals surface area contributed by atoms with E-state index in [1.807, 2.05) is 67.9 Å². The van der Waals surface area contributed by atoms with Crippen LogP contribution in [0.2, 0.25) is 0 Å². The summed E-state index contributed by atoms with van der Waals surface area (Å²) in [5.41, 5.74) is 3.55. The lowest BCUT2D eigenvalue weighted by molar-refractivity contribution is 0.0777. The fourth-order valence-corrected chi connectivity index (χ4v) is 4.91. The topological polar surface area (TPSA) is 84.1 Å². The molecular formula is C25H25N5O3S. The molecule has 4 heterocycles. The third-order valence-electron chi connectivity index (χ3n) is 5.91. The van der Waals surface area contributed by atoms with Gasteiger partial charge >= 0.3 is 0 Å². The first-order valence-corrected chi connectivity index (χ1v) is 12.0. The highest BCUT2D eigenvalue weighted by atomic mass is 32.2. The molecule has 174 valence electrons. The summed E-state index contributed by atoms with van der Waals surface area (Å²) in [5, 5.41) is 9.21. The maximum absolute atomic E-state index is 13.1. The average molecular weight is 476 g/mol. The van der Waals surface area contributed by atoms with E-state index < -0.39 is 0 Å². The Labute approximate surface area is 201 Å². The number of aromatic nitrogens is 5. The van der Waals surface area contributed by atoms with Crippen LogP contribution in [0.3, 0.4) is 0 Å². The first-order chi connectivity index (χ1) is 16.5. The molecule has 0 bridgehead atoms. The van der Waals surface area contributed by atoms with Crippen LogP contribution in [0.1, 0.15) is 21.7 Å². The second kappa shape index (κ2) is 9.34. The molecule has 8 nitrogen and oxygen atoms in total. The Morgan fingerprint density at radius 3 is 2.76 bits per heavy atom. The van der Waals surface area contributed by atoms with E-state index in [9.17, 15) is 4.79 Å². The van der Waals surface area contributed by atoms with Gasteiger partial charge in [-0.05, 0) is 44.2 Å². The zero-order chi connectivity index (χ0) is 23.7. The average Bonchev–Trinajstić information content (AvgIpc) is 3.37. The van der Waals surface area contributed by atoms with E-state index >= 15 is 0 Å². The summed E-state index contributed by atoms with van der Waals surface area (Å²) in [7, 11) is 1.89. The molecule has 1 aliphatic heterocycles. The molecule has 9 heteroatoms. The number of thioether (sulfide) groups is 1. The number of ketones is 1. The fourth-order valence-electron chi connectivity index (χ4n) is 4.12. The molecule has 1 aliphatic rings. The second-order valence-corrected chi connectivity index (χ2v) is 9.15. The van der Waals surface area contributed by atoms with E-state index in [2.05, 4.69) is 19.7 Å². The van der Waals surface area contributed by atoms with Crippen LogP contribution in [0.15, 0.2) is 60.0 Å². The Kier molecular flexibility index (Phi) is 6.10. The molecule has 0 radical (unpaired) electrons. The van der Waals surface area contributed by atoms with Crippen LogP contribution < -0.4 is 9.47 Å². The largest absolute Gasteiger partial charge is 0.486 e. The van der Waals surface area contributed by atoms with Crippen molar-refractivity contribution in [2.75, 3.05) is 12.4 Å². The maximum atomic E-state index is 13.1. The summed E-state index contributed by atoms with van der Waals surface area (Å²) in [6.07, 6.45) is 3.34. The van der Waals surface area contributed by atoms with Crippen LogP contribution in [0.5, 0.6) is 11.5 Å². The summed E-state index contributed by atoms with van der Waals surface area (Å²) in [5.74, 6) is 2.57. The number of pyridine rings is 1. The highest BCUT2D eigenvalue weighted by molar-refractivity contribution is 7.99. The van der Waals surface area contributed by atoms with Crippen molar-refractivity contribution in [1.29, 1.82) is 0 Å². The number of aryl methyl sites for hydroxylation is 1. The Hall–Kier alpha value is -3.59. The van der Waals surface area contributed by atoms with E-state index in [4.69, 9.17) is 9.47 Å². The van der Waals surface area contributed by atoms with Crippen molar-refractivity contribution in [2.45, 2.75) is 31.7 Å². The number of ether oxygens (including phenoxy) is 2. The zero-order valence-corrected chi connectivity index (χ0v) is 20.1. The van der Waals surface area contributed by atoms with Crippen LogP contribution in [0.4, 0.5) is 0 Å². The molecule has 1 unspecified atom stereocenters. The standard InChI is InChI=1S/C25H25N5O3S/c1-16-11-20(17(2)30(16)13-19-14-32-22-8-4-5-9-23(22)33-19)21(31)15-34-25-28-27-24(29(25)3)18-7-6-10-26-12-18/h4-12,19H,13-15H2,1-3H3. The smallest absolute Gasteiger partial charge is 0.191 e. The van der Waals surface area contributed by atoms with Crippen molar-refractivity contribution in [2.24, 2.45) is 7.05 Å². The Bertz CT molecular complexity index is 1330. The van der Waals surface area contributed by atoms with Crippen molar-refractivity contribution >= 4 is 17.5 Å². The SMILES string of the molecule is Cc1cc(C(=O)CSc2nnc(-c3cccnc3)n2C)c(C)n1CC1COc2ccccc2O1. The lowest BCUT2D eigenvalue weighted by Gasteiger charge is -2.27. The number of Topliss-reactive ketones (excluding diaryl/α,β-unsaturated/α-hetero) is 1. The lowest BCUT2D eigenvalue weighted by Crippen LogP contribution is -2.33. The van der Waals surface area contributed by atoms with E-state index in [-0.39, 0.29) is 17.6 Å². The summed E-state index contributed by atoms with van der Waals surface area (Å²) >= 11 is 1.38. The molecular weight excluding hydrogens is 450 g/mol. The van der Waals surface area contributed by atoms with E-state index in [0.29, 0.717) is 18.3 Å². The highest BCUT2D eigenvalue weighted by Crippen LogP contribution is 2.32. The van der Waals surface area contributed by atoms with Crippen molar-refractivity contribution < 1.29 is 14.3 Å². The minimum Gasteiger partial charge on any atom is -0.486 e. The Morgan fingerprint density at radius 1 is 1.15 bits per heavy atom. The third kappa shape index (κ3) is 4.31. The molecule has 0 N–H and O–H groups in total. The molecule has 1 aromatic carbocycles. The van der Waals surface area contributed by atoms with Crippen molar-refractivity contribution in [3.05, 3.63) is 71.8 Å².